The Kier molecular flexibility index (Phi) is 5.02. The van der Waals surface area contributed by atoms with Crippen molar-refractivity contribution in [3.8, 4) is 0 Å². The first-order valence-corrected chi connectivity index (χ1v) is 9.61. The van der Waals surface area contributed by atoms with Crippen LogP contribution in [0.3, 0.4) is 0 Å². The van der Waals surface area contributed by atoms with Crippen molar-refractivity contribution in [3.63, 3.8) is 0 Å². The monoisotopic (exact) mass is 353 g/mol. The zero-order valence-corrected chi connectivity index (χ0v) is 15.4. The van der Waals surface area contributed by atoms with Crippen LogP contribution in [0.2, 0.25) is 0 Å². The van der Waals surface area contributed by atoms with Gasteiger partial charge in [-0.3, -0.25) is 14.7 Å². The van der Waals surface area contributed by atoms with Gasteiger partial charge in [0.15, 0.2) is 5.82 Å². The smallest absolute Gasteiger partial charge is 0.289 e. The van der Waals surface area contributed by atoms with Gasteiger partial charge < -0.3 is 9.88 Å². The molecule has 26 heavy (non-hydrogen) atoms. The van der Waals surface area contributed by atoms with E-state index in [4.69, 9.17) is 0 Å². The van der Waals surface area contributed by atoms with Crippen LogP contribution in [0, 0.1) is 18.8 Å². The first-order chi connectivity index (χ1) is 12.7. The van der Waals surface area contributed by atoms with E-state index < -0.39 is 0 Å². The summed E-state index contributed by atoms with van der Waals surface area (Å²) in [7, 11) is 0. The molecule has 0 aliphatic carbocycles. The first kappa shape index (κ1) is 17.2. The minimum atomic E-state index is 0.0506. The van der Waals surface area contributed by atoms with Gasteiger partial charge in [-0.25, -0.2) is 4.98 Å². The molecule has 6 heteroatoms. The van der Waals surface area contributed by atoms with Gasteiger partial charge in [-0.2, -0.15) is 0 Å². The van der Waals surface area contributed by atoms with Crippen LogP contribution in [-0.2, 0) is 6.54 Å². The normalized spacial score (nSPS) is 22.0. The molecule has 2 aromatic heterocycles. The molecule has 0 saturated carbocycles. The molecule has 2 aliphatic heterocycles. The van der Waals surface area contributed by atoms with Gasteiger partial charge in [0.05, 0.1) is 0 Å². The Bertz CT molecular complexity index is 736. The molecule has 6 nitrogen and oxygen atoms in total. The van der Waals surface area contributed by atoms with Gasteiger partial charge >= 0.3 is 0 Å². The van der Waals surface area contributed by atoms with Crippen molar-refractivity contribution in [2.24, 2.45) is 11.8 Å². The maximum absolute atomic E-state index is 12.6. The minimum absolute atomic E-state index is 0.0506. The molecule has 4 rings (SSSR count). The Morgan fingerprint density at radius 1 is 1.19 bits per heavy atom. The number of rotatable bonds is 4. The fourth-order valence-corrected chi connectivity index (χ4v) is 4.36. The number of carbonyl (C=O) groups is 1. The Morgan fingerprint density at radius 3 is 2.69 bits per heavy atom. The quantitative estimate of drug-likeness (QED) is 0.917. The molecule has 4 heterocycles. The van der Waals surface area contributed by atoms with Crippen molar-refractivity contribution in [2.75, 3.05) is 26.2 Å². The molecule has 1 atom stereocenters. The summed E-state index contributed by atoms with van der Waals surface area (Å²) in [5.74, 6) is 1.90. The van der Waals surface area contributed by atoms with E-state index in [0.717, 1.165) is 50.8 Å². The number of aromatic amines is 1. The number of amides is 1. The number of carbonyl (C=O) groups excluding carboxylic acids is 1. The molecule has 0 unspecified atom stereocenters. The largest absolute Gasteiger partial charge is 0.338 e. The molecule has 138 valence electrons. The van der Waals surface area contributed by atoms with Gasteiger partial charge in [-0.05, 0) is 62.7 Å². The van der Waals surface area contributed by atoms with Gasteiger partial charge in [-0.1, -0.05) is 6.07 Å². The Hall–Kier alpha value is -2.21. The summed E-state index contributed by atoms with van der Waals surface area (Å²) in [6.45, 7) is 6.94. The van der Waals surface area contributed by atoms with E-state index in [2.05, 4.69) is 25.9 Å². The molecule has 0 spiro atoms. The van der Waals surface area contributed by atoms with E-state index in [1.165, 1.54) is 18.4 Å². The van der Waals surface area contributed by atoms with E-state index >= 15 is 0 Å². The number of hydrogen-bond donors (Lipinski definition) is 1. The minimum Gasteiger partial charge on any atom is -0.338 e. The van der Waals surface area contributed by atoms with Crippen molar-refractivity contribution < 1.29 is 4.79 Å². The predicted octanol–water partition coefficient (Wildman–Crippen LogP) is 2.49. The fourth-order valence-electron chi connectivity index (χ4n) is 4.36. The maximum Gasteiger partial charge on any atom is 0.289 e. The predicted molar refractivity (Wildman–Crippen MR) is 99.6 cm³/mol. The summed E-state index contributed by atoms with van der Waals surface area (Å²) in [6.07, 6.45) is 9.09. The third-order valence-electron chi connectivity index (χ3n) is 5.85. The second-order valence-corrected chi connectivity index (χ2v) is 7.69. The number of imidazole rings is 1. The van der Waals surface area contributed by atoms with Gasteiger partial charge in [-0.15, -0.1) is 0 Å². The highest BCUT2D eigenvalue weighted by atomic mass is 16.2. The Labute approximate surface area is 154 Å². The number of nitrogens with zero attached hydrogens (tertiary/aromatic N) is 4. The van der Waals surface area contributed by atoms with Crippen LogP contribution in [0.4, 0.5) is 0 Å². The lowest BCUT2D eigenvalue weighted by Gasteiger charge is -2.34. The van der Waals surface area contributed by atoms with Crippen LogP contribution in [0.25, 0.3) is 0 Å². The molecular formula is C20H27N5O. The fraction of sp³-hybridized carbons (Fsp3) is 0.550. The number of nitrogens with one attached hydrogen (secondary N) is 1. The van der Waals surface area contributed by atoms with E-state index in [-0.39, 0.29) is 5.91 Å². The summed E-state index contributed by atoms with van der Waals surface area (Å²) in [5, 5.41) is 0. The number of aromatic nitrogens is 3. The van der Waals surface area contributed by atoms with Crippen LogP contribution in [0.1, 0.15) is 41.1 Å². The molecule has 1 amide bonds. The van der Waals surface area contributed by atoms with Crippen molar-refractivity contribution in [2.45, 2.75) is 32.7 Å². The third-order valence-corrected chi connectivity index (χ3v) is 5.85. The zero-order chi connectivity index (χ0) is 17.9. The Morgan fingerprint density at radius 2 is 2.00 bits per heavy atom. The molecule has 2 aliphatic rings. The van der Waals surface area contributed by atoms with Gasteiger partial charge in [0.25, 0.3) is 5.91 Å². The van der Waals surface area contributed by atoms with E-state index in [0.29, 0.717) is 11.7 Å². The molecule has 2 saturated heterocycles. The van der Waals surface area contributed by atoms with Gasteiger partial charge in [0.1, 0.15) is 0 Å². The molecule has 0 aromatic carbocycles. The second-order valence-electron chi connectivity index (χ2n) is 7.69. The number of pyridine rings is 1. The summed E-state index contributed by atoms with van der Waals surface area (Å²) in [6, 6.07) is 4.16. The zero-order valence-electron chi connectivity index (χ0n) is 15.4. The average Bonchev–Trinajstić information content (AvgIpc) is 3.32. The number of H-pyrrole nitrogens is 1. The topological polar surface area (TPSA) is 65.1 Å². The number of piperidine rings is 1. The van der Waals surface area contributed by atoms with E-state index in [1.807, 2.05) is 30.3 Å². The lowest BCUT2D eigenvalue weighted by Crippen LogP contribution is -2.37. The second kappa shape index (κ2) is 7.58. The van der Waals surface area contributed by atoms with Crippen molar-refractivity contribution in [3.05, 3.63) is 47.8 Å². The van der Waals surface area contributed by atoms with E-state index in [9.17, 15) is 4.79 Å². The number of likely N-dealkylation sites (tertiary alicyclic amines) is 2. The van der Waals surface area contributed by atoms with Crippen molar-refractivity contribution in [1.29, 1.82) is 0 Å². The summed E-state index contributed by atoms with van der Waals surface area (Å²) >= 11 is 0. The van der Waals surface area contributed by atoms with Crippen LogP contribution >= 0.6 is 0 Å². The lowest BCUT2D eigenvalue weighted by atomic mass is 9.83. The number of aryl methyl sites for hydroxylation is 1. The summed E-state index contributed by atoms with van der Waals surface area (Å²) in [5.41, 5.74) is 2.22. The van der Waals surface area contributed by atoms with Crippen LogP contribution in [0.5, 0.6) is 0 Å². The molecule has 0 radical (unpaired) electrons. The summed E-state index contributed by atoms with van der Waals surface area (Å²) < 4.78 is 0. The van der Waals surface area contributed by atoms with Crippen LogP contribution in [-0.4, -0.2) is 56.8 Å². The highest BCUT2D eigenvalue weighted by Crippen LogP contribution is 2.32. The number of hydrogen-bond acceptors (Lipinski definition) is 4. The van der Waals surface area contributed by atoms with Crippen molar-refractivity contribution >= 4 is 5.91 Å². The maximum atomic E-state index is 12.6. The third kappa shape index (κ3) is 3.80. The average molecular weight is 353 g/mol. The van der Waals surface area contributed by atoms with E-state index in [1.54, 1.807) is 6.20 Å². The van der Waals surface area contributed by atoms with Gasteiger partial charge in [0.2, 0.25) is 0 Å². The molecule has 0 bridgehead atoms. The molecule has 2 fully saturated rings. The van der Waals surface area contributed by atoms with Crippen LogP contribution in [0.15, 0.2) is 30.7 Å². The highest BCUT2D eigenvalue weighted by molar-refractivity contribution is 5.90. The lowest BCUT2D eigenvalue weighted by molar-refractivity contribution is 0.0762. The molecule has 2 aromatic rings. The summed E-state index contributed by atoms with van der Waals surface area (Å²) in [4.78, 5) is 28.5. The van der Waals surface area contributed by atoms with Gasteiger partial charge in [0, 0.05) is 43.9 Å². The molecule has 1 N–H and O–H groups in total. The standard InChI is InChI=1S/C20H27N5O/c1-15-11-22-19(23-15)20(26)25-10-6-18(14-25)17-4-8-24(9-5-17)13-16-3-2-7-21-12-16/h2-3,7,11-12,17-18H,4-6,8-10,13-14H2,1H3,(H,22,23)/t18-/m0/s1. The highest BCUT2D eigenvalue weighted by Gasteiger charge is 2.34. The van der Waals surface area contributed by atoms with Crippen molar-refractivity contribution in [1.82, 2.24) is 24.8 Å². The van der Waals surface area contributed by atoms with Crippen LogP contribution < -0.4 is 0 Å². The molecular weight excluding hydrogens is 326 g/mol. The Balaban J connectivity index is 1.27. The first-order valence-electron chi connectivity index (χ1n) is 9.61. The SMILES string of the molecule is Cc1cnc(C(=O)N2CC[C@H](C3CCN(Cc4cccnc4)CC3)C2)[nH]1.